The second-order valence-corrected chi connectivity index (χ2v) is 7.94. The van der Waals surface area contributed by atoms with Gasteiger partial charge < -0.3 is 0 Å². The first kappa shape index (κ1) is 10.1. The predicted molar refractivity (Wildman–Crippen MR) is 68.6 cm³/mol. The zero-order valence-corrected chi connectivity index (χ0v) is 10.8. The molecular weight excluding hydrogens is 222 g/mol. The molecule has 4 atom stereocenters. The molecule has 0 amide bonds. The Morgan fingerprint density at radius 2 is 1.61 bits per heavy atom. The summed E-state index contributed by atoms with van der Waals surface area (Å²) >= 11 is 0. The van der Waals surface area contributed by atoms with Crippen LogP contribution in [0.1, 0.15) is 38.5 Å². The lowest BCUT2D eigenvalue weighted by Gasteiger charge is -2.74. The fraction of sp³-hybridized carbons (Fsp3) is 1.00. The van der Waals surface area contributed by atoms with Crippen molar-refractivity contribution in [3.05, 3.63) is 10.4 Å². The van der Waals surface area contributed by atoms with Gasteiger partial charge in [-0.1, -0.05) is 5.11 Å². The van der Waals surface area contributed by atoms with Gasteiger partial charge >= 0.3 is 0 Å². The summed E-state index contributed by atoms with van der Waals surface area (Å²) in [6.07, 6.45) is 8.92. The van der Waals surface area contributed by atoms with E-state index in [-0.39, 0.29) is 0 Å². The molecule has 0 N–H and O–H groups in total. The maximum Gasteiger partial charge on any atom is 0.0320 e. The Bertz CT molecular complexity index is 429. The molecule has 0 aliphatic heterocycles. The molecule has 0 spiro atoms. The average Bonchev–Trinajstić information content (AvgIpc) is 2.41. The smallest absolute Gasteiger partial charge is 0.0320 e. The van der Waals surface area contributed by atoms with E-state index in [2.05, 4.69) is 10.0 Å². The number of hydrogen-bond acceptors (Lipinski definition) is 1. The van der Waals surface area contributed by atoms with Gasteiger partial charge in [0.25, 0.3) is 0 Å². The summed E-state index contributed by atoms with van der Waals surface area (Å²) in [5, 5.41) is 4.06. The zero-order chi connectivity index (χ0) is 11.9. The third-order valence-corrected chi connectivity index (χ3v) is 7.70. The highest BCUT2D eigenvalue weighted by Gasteiger charge is 2.69. The fourth-order valence-electron chi connectivity index (χ4n) is 7.62. The molecule has 8 bridgehead atoms. The van der Waals surface area contributed by atoms with Crippen LogP contribution in [-0.4, -0.2) is 6.54 Å². The zero-order valence-electron chi connectivity index (χ0n) is 10.8. The van der Waals surface area contributed by atoms with Crippen molar-refractivity contribution in [1.82, 2.24) is 0 Å². The van der Waals surface area contributed by atoms with Crippen molar-refractivity contribution in [2.24, 2.45) is 52.0 Å². The van der Waals surface area contributed by atoms with E-state index in [4.69, 9.17) is 5.53 Å². The monoisotopic (exact) mass is 243 g/mol. The van der Waals surface area contributed by atoms with Crippen molar-refractivity contribution < 1.29 is 0 Å². The van der Waals surface area contributed by atoms with E-state index < -0.39 is 0 Å². The van der Waals surface area contributed by atoms with E-state index >= 15 is 0 Å². The summed E-state index contributed by atoms with van der Waals surface area (Å²) in [6, 6.07) is 0. The van der Waals surface area contributed by atoms with Gasteiger partial charge in [0, 0.05) is 11.5 Å². The standard InChI is InChI=1S/C15H21N3/c16-18-17-7-15-6-9-2-11-10-1-8(4-13(11)15)5-14(15)12(10)3-9/h8-14H,1-7H2. The maximum absolute atomic E-state index is 8.75. The molecule has 7 aliphatic rings. The molecular formula is C15H21N3. The summed E-state index contributed by atoms with van der Waals surface area (Å²) in [5.41, 5.74) is 9.20. The molecule has 7 rings (SSSR count). The van der Waals surface area contributed by atoms with Crippen LogP contribution < -0.4 is 0 Å². The van der Waals surface area contributed by atoms with Gasteiger partial charge in [-0.15, -0.1) is 0 Å². The van der Waals surface area contributed by atoms with Crippen LogP contribution in [0.15, 0.2) is 5.11 Å². The van der Waals surface area contributed by atoms with Crippen LogP contribution in [0, 0.1) is 46.8 Å². The van der Waals surface area contributed by atoms with Crippen LogP contribution in [0.3, 0.4) is 0 Å². The first-order chi connectivity index (χ1) is 8.82. The maximum atomic E-state index is 8.75. The highest BCUT2D eigenvalue weighted by molar-refractivity contribution is 5.18. The Morgan fingerprint density at radius 3 is 2.28 bits per heavy atom. The van der Waals surface area contributed by atoms with Crippen LogP contribution in [0.2, 0.25) is 0 Å². The molecule has 0 radical (unpaired) electrons. The molecule has 7 aliphatic carbocycles. The van der Waals surface area contributed by atoms with Gasteiger partial charge in [0.2, 0.25) is 0 Å². The van der Waals surface area contributed by atoms with Crippen molar-refractivity contribution in [3.63, 3.8) is 0 Å². The minimum absolute atomic E-state index is 0.455. The lowest BCUT2D eigenvalue weighted by molar-refractivity contribution is -0.251. The SMILES string of the molecule is [N-]=[N+]=NCC12CC3CC4C5CC(CC41)CC2C5C3. The Labute approximate surface area is 108 Å². The highest BCUT2D eigenvalue weighted by Crippen LogP contribution is 2.75. The lowest BCUT2D eigenvalue weighted by Crippen LogP contribution is -2.68. The van der Waals surface area contributed by atoms with Crippen molar-refractivity contribution in [3.8, 4) is 0 Å². The van der Waals surface area contributed by atoms with Gasteiger partial charge in [-0.3, -0.25) is 0 Å². The van der Waals surface area contributed by atoms with Gasteiger partial charge in [0.15, 0.2) is 0 Å². The number of rotatable bonds is 2. The van der Waals surface area contributed by atoms with Crippen molar-refractivity contribution in [1.29, 1.82) is 0 Å². The molecule has 7 fully saturated rings. The quantitative estimate of drug-likeness (QED) is 0.400. The highest BCUT2D eigenvalue weighted by atomic mass is 15.1. The first-order valence-electron chi connectivity index (χ1n) is 7.82. The summed E-state index contributed by atoms with van der Waals surface area (Å²) in [4.78, 5) is 3.09. The van der Waals surface area contributed by atoms with E-state index in [0.717, 1.165) is 48.0 Å². The molecule has 3 nitrogen and oxygen atoms in total. The van der Waals surface area contributed by atoms with E-state index in [0.29, 0.717) is 5.41 Å². The number of hydrogen-bond donors (Lipinski definition) is 0. The normalized spacial score (nSPS) is 62.1. The van der Waals surface area contributed by atoms with Gasteiger partial charge in [-0.2, -0.15) is 0 Å². The van der Waals surface area contributed by atoms with Crippen LogP contribution in [0.5, 0.6) is 0 Å². The predicted octanol–water partition coefficient (Wildman–Crippen LogP) is 4.01. The molecule has 96 valence electrons. The Balaban J connectivity index is 1.65. The third-order valence-electron chi connectivity index (χ3n) is 7.70. The lowest BCUT2D eigenvalue weighted by atomic mass is 9.31. The first-order valence-corrected chi connectivity index (χ1v) is 7.82. The van der Waals surface area contributed by atoms with Gasteiger partial charge in [-0.25, -0.2) is 0 Å². The molecule has 0 saturated heterocycles. The van der Waals surface area contributed by atoms with Gasteiger partial charge in [0.1, 0.15) is 0 Å². The topological polar surface area (TPSA) is 48.8 Å². The minimum atomic E-state index is 0.455. The average molecular weight is 243 g/mol. The molecule has 4 unspecified atom stereocenters. The van der Waals surface area contributed by atoms with Crippen LogP contribution in [-0.2, 0) is 0 Å². The molecule has 18 heavy (non-hydrogen) atoms. The van der Waals surface area contributed by atoms with E-state index in [9.17, 15) is 0 Å². The number of azide groups is 1. The summed E-state index contributed by atoms with van der Waals surface area (Å²) in [6.45, 7) is 0.821. The second kappa shape index (κ2) is 3.07. The molecule has 0 aromatic rings. The van der Waals surface area contributed by atoms with Gasteiger partial charge in [0.05, 0.1) is 0 Å². The van der Waals surface area contributed by atoms with Crippen LogP contribution >= 0.6 is 0 Å². The third kappa shape index (κ3) is 0.955. The molecule has 7 saturated carbocycles. The van der Waals surface area contributed by atoms with Crippen molar-refractivity contribution in [2.75, 3.05) is 6.54 Å². The number of nitrogens with zero attached hydrogens (tertiary/aromatic N) is 3. The fourth-order valence-corrected chi connectivity index (χ4v) is 7.62. The largest absolute Gasteiger partial charge is 0.0934 e. The second-order valence-electron chi connectivity index (χ2n) is 7.94. The van der Waals surface area contributed by atoms with Crippen LogP contribution in [0.4, 0.5) is 0 Å². The Hall–Kier alpha value is -0.690. The Kier molecular flexibility index (Phi) is 1.73. The molecule has 0 heterocycles. The molecule has 3 heteroatoms. The summed E-state index contributed by atoms with van der Waals surface area (Å²) in [5.74, 6) is 6.98. The van der Waals surface area contributed by atoms with Crippen molar-refractivity contribution in [2.45, 2.75) is 38.5 Å². The summed E-state index contributed by atoms with van der Waals surface area (Å²) < 4.78 is 0. The van der Waals surface area contributed by atoms with E-state index in [1.807, 2.05) is 0 Å². The van der Waals surface area contributed by atoms with Gasteiger partial charge in [-0.05, 0) is 90.9 Å². The van der Waals surface area contributed by atoms with Crippen LogP contribution in [0.25, 0.3) is 10.4 Å². The summed E-state index contributed by atoms with van der Waals surface area (Å²) in [7, 11) is 0. The van der Waals surface area contributed by atoms with E-state index in [1.165, 1.54) is 32.1 Å². The molecule has 0 aromatic heterocycles. The van der Waals surface area contributed by atoms with E-state index in [1.54, 1.807) is 6.42 Å². The molecule has 0 aromatic carbocycles. The minimum Gasteiger partial charge on any atom is -0.0934 e. The van der Waals surface area contributed by atoms with Crippen molar-refractivity contribution >= 4 is 0 Å². The Morgan fingerprint density at radius 1 is 0.944 bits per heavy atom.